The molecule has 0 aromatic carbocycles. The summed E-state index contributed by atoms with van der Waals surface area (Å²) in [5.41, 5.74) is 0. The molecule has 9 heavy (non-hydrogen) atoms. The summed E-state index contributed by atoms with van der Waals surface area (Å²) in [6, 6.07) is 0. The Kier molecular flexibility index (Phi) is 1.12. The van der Waals surface area contributed by atoms with Crippen molar-refractivity contribution in [3.8, 4) is 0 Å². The zero-order valence-corrected chi connectivity index (χ0v) is 5.46. The van der Waals surface area contributed by atoms with E-state index in [0.717, 1.165) is 5.92 Å². The molecule has 0 amide bonds. The molecule has 0 aromatic rings. The highest BCUT2D eigenvalue weighted by Crippen LogP contribution is 2.39. The predicted octanol–water partition coefficient (Wildman–Crippen LogP) is 1.33. The minimum atomic E-state index is -0.113. The molecule has 0 aliphatic heterocycles. The van der Waals surface area contributed by atoms with Crippen LogP contribution in [0.2, 0.25) is 0 Å². The molecule has 2 aliphatic rings. The topological polar surface area (TPSA) is 20.2 Å². The molecule has 3 atom stereocenters. The van der Waals surface area contributed by atoms with Crippen molar-refractivity contribution < 1.29 is 5.11 Å². The lowest BCUT2D eigenvalue weighted by molar-refractivity contribution is 0.154. The number of hydrogen-bond donors (Lipinski definition) is 1. The van der Waals surface area contributed by atoms with Crippen molar-refractivity contribution in [1.82, 2.24) is 0 Å². The number of aliphatic hydroxyl groups is 1. The third-order valence-electron chi connectivity index (χ3n) is 2.62. The highest BCUT2D eigenvalue weighted by atomic mass is 16.3. The fraction of sp³-hybridized carbons (Fsp3) is 0.750. The van der Waals surface area contributed by atoms with Gasteiger partial charge >= 0.3 is 0 Å². The molecule has 1 N–H and O–H groups in total. The summed E-state index contributed by atoms with van der Waals surface area (Å²) in [4.78, 5) is 0. The Balaban J connectivity index is 2.15. The Labute approximate surface area is 55.4 Å². The summed E-state index contributed by atoms with van der Waals surface area (Å²) in [6.07, 6.45) is 7.88. The van der Waals surface area contributed by atoms with E-state index in [-0.39, 0.29) is 6.10 Å². The molecule has 1 fully saturated rings. The monoisotopic (exact) mass is 124 g/mol. The van der Waals surface area contributed by atoms with Gasteiger partial charge in [-0.05, 0) is 24.7 Å². The summed E-state index contributed by atoms with van der Waals surface area (Å²) < 4.78 is 0. The lowest BCUT2D eigenvalue weighted by Crippen LogP contribution is -2.14. The van der Waals surface area contributed by atoms with Crippen LogP contribution in [0.15, 0.2) is 12.2 Å². The minimum Gasteiger partial charge on any atom is -0.389 e. The maximum atomic E-state index is 9.31. The molecule has 0 radical (unpaired) electrons. The van der Waals surface area contributed by atoms with Crippen molar-refractivity contribution in [2.24, 2.45) is 11.8 Å². The average Bonchev–Trinajstić information content (AvgIpc) is 2.35. The fourth-order valence-corrected chi connectivity index (χ4v) is 2.08. The van der Waals surface area contributed by atoms with Crippen LogP contribution < -0.4 is 0 Å². The van der Waals surface area contributed by atoms with Crippen molar-refractivity contribution in [3.63, 3.8) is 0 Å². The Morgan fingerprint density at radius 2 is 2.11 bits per heavy atom. The fourth-order valence-electron chi connectivity index (χ4n) is 2.08. The highest BCUT2D eigenvalue weighted by Gasteiger charge is 2.33. The molecule has 1 heteroatoms. The molecule has 2 aliphatic carbocycles. The first-order valence-corrected chi connectivity index (χ1v) is 3.74. The van der Waals surface area contributed by atoms with Crippen LogP contribution in [0.4, 0.5) is 0 Å². The summed E-state index contributed by atoms with van der Waals surface area (Å²) in [5.74, 6) is 1.31. The molecule has 50 valence electrons. The van der Waals surface area contributed by atoms with Gasteiger partial charge in [-0.3, -0.25) is 0 Å². The van der Waals surface area contributed by atoms with Crippen molar-refractivity contribution in [3.05, 3.63) is 12.2 Å². The van der Waals surface area contributed by atoms with Crippen molar-refractivity contribution in [2.45, 2.75) is 25.4 Å². The third kappa shape index (κ3) is 0.715. The van der Waals surface area contributed by atoms with E-state index in [2.05, 4.69) is 6.08 Å². The molecular formula is C8H12O. The summed E-state index contributed by atoms with van der Waals surface area (Å²) in [6.45, 7) is 0. The van der Waals surface area contributed by atoms with Gasteiger partial charge in [0.15, 0.2) is 0 Å². The summed E-state index contributed by atoms with van der Waals surface area (Å²) in [7, 11) is 0. The molecule has 0 bridgehead atoms. The van der Waals surface area contributed by atoms with E-state index in [9.17, 15) is 5.11 Å². The number of fused-ring (bicyclic) bond motifs is 1. The minimum absolute atomic E-state index is 0.113. The van der Waals surface area contributed by atoms with Gasteiger partial charge in [0.1, 0.15) is 0 Å². The smallest absolute Gasteiger partial charge is 0.0754 e. The molecule has 1 nitrogen and oxygen atoms in total. The van der Waals surface area contributed by atoms with Crippen LogP contribution in [0.1, 0.15) is 19.3 Å². The van der Waals surface area contributed by atoms with Gasteiger partial charge in [-0.15, -0.1) is 0 Å². The van der Waals surface area contributed by atoms with Gasteiger partial charge in [0, 0.05) is 0 Å². The van der Waals surface area contributed by atoms with E-state index in [1.54, 1.807) is 0 Å². The lowest BCUT2D eigenvalue weighted by Gasteiger charge is -2.11. The molecule has 0 aromatic heterocycles. The second kappa shape index (κ2) is 1.84. The molecule has 1 saturated carbocycles. The van der Waals surface area contributed by atoms with E-state index in [1.807, 2.05) is 6.08 Å². The standard InChI is InChI=1S/C8H12O/c9-8-5-4-6-2-1-3-7(6)8/h4-9H,1-3H2/t6-,7-,8-/m0/s1. The van der Waals surface area contributed by atoms with Crippen LogP contribution in [0.25, 0.3) is 0 Å². The van der Waals surface area contributed by atoms with Crippen molar-refractivity contribution in [1.29, 1.82) is 0 Å². The van der Waals surface area contributed by atoms with E-state index in [0.29, 0.717) is 5.92 Å². The number of allylic oxidation sites excluding steroid dienone is 1. The molecule has 2 rings (SSSR count). The van der Waals surface area contributed by atoms with Crippen LogP contribution in [-0.4, -0.2) is 11.2 Å². The number of rotatable bonds is 0. The van der Waals surface area contributed by atoms with E-state index in [4.69, 9.17) is 0 Å². The normalized spacial score (nSPS) is 47.9. The van der Waals surface area contributed by atoms with Gasteiger partial charge in [0.05, 0.1) is 6.10 Å². The van der Waals surface area contributed by atoms with E-state index in [1.165, 1.54) is 19.3 Å². The van der Waals surface area contributed by atoms with Crippen LogP contribution in [0.5, 0.6) is 0 Å². The maximum Gasteiger partial charge on any atom is 0.0754 e. The Hall–Kier alpha value is -0.300. The quantitative estimate of drug-likeness (QED) is 0.483. The van der Waals surface area contributed by atoms with Gasteiger partial charge in [-0.1, -0.05) is 18.6 Å². The SMILES string of the molecule is O[C@H]1C=C[C@@H]2CCC[C@@H]21. The molecule has 0 heterocycles. The first kappa shape index (κ1) is 5.48. The van der Waals surface area contributed by atoms with E-state index < -0.39 is 0 Å². The zero-order chi connectivity index (χ0) is 6.27. The second-order valence-electron chi connectivity index (χ2n) is 3.13. The largest absolute Gasteiger partial charge is 0.389 e. The van der Waals surface area contributed by atoms with Crippen LogP contribution in [-0.2, 0) is 0 Å². The van der Waals surface area contributed by atoms with Gasteiger partial charge < -0.3 is 5.11 Å². The van der Waals surface area contributed by atoms with Crippen LogP contribution in [0, 0.1) is 11.8 Å². The Morgan fingerprint density at radius 1 is 1.22 bits per heavy atom. The highest BCUT2D eigenvalue weighted by molar-refractivity contribution is 5.09. The molecular weight excluding hydrogens is 112 g/mol. The molecule has 0 spiro atoms. The van der Waals surface area contributed by atoms with Crippen LogP contribution >= 0.6 is 0 Å². The first-order valence-electron chi connectivity index (χ1n) is 3.74. The summed E-state index contributed by atoms with van der Waals surface area (Å²) >= 11 is 0. The number of aliphatic hydroxyl groups excluding tert-OH is 1. The Morgan fingerprint density at radius 3 is 2.89 bits per heavy atom. The molecule has 0 unspecified atom stereocenters. The van der Waals surface area contributed by atoms with Gasteiger partial charge in [0.25, 0.3) is 0 Å². The first-order chi connectivity index (χ1) is 4.38. The summed E-state index contributed by atoms with van der Waals surface area (Å²) in [5, 5.41) is 9.31. The van der Waals surface area contributed by atoms with Crippen molar-refractivity contribution >= 4 is 0 Å². The predicted molar refractivity (Wildman–Crippen MR) is 36.0 cm³/mol. The average molecular weight is 124 g/mol. The van der Waals surface area contributed by atoms with Gasteiger partial charge in [-0.2, -0.15) is 0 Å². The van der Waals surface area contributed by atoms with Gasteiger partial charge in [-0.25, -0.2) is 0 Å². The molecule has 0 saturated heterocycles. The third-order valence-corrected chi connectivity index (χ3v) is 2.62. The maximum absolute atomic E-state index is 9.31. The lowest BCUT2D eigenvalue weighted by atomic mass is 9.98. The van der Waals surface area contributed by atoms with E-state index >= 15 is 0 Å². The van der Waals surface area contributed by atoms with Crippen LogP contribution in [0.3, 0.4) is 0 Å². The van der Waals surface area contributed by atoms with Crippen molar-refractivity contribution in [2.75, 3.05) is 0 Å². The van der Waals surface area contributed by atoms with Gasteiger partial charge in [0.2, 0.25) is 0 Å². The number of hydrogen-bond acceptors (Lipinski definition) is 1. The second-order valence-corrected chi connectivity index (χ2v) is 3.13. The zero-order valence-electron chi connectivity index (χ0n) is 5.46. The Bertz CT molecular complexity index is 140.